The normalized spacial score (nSPS) is 27.2. The minimum atomic E-state index is 0.885. The first-order valence-corrected chi connectivity index (χ1v) is 8.00. The lowest BCUT2D eigenvalue weighted by Gasteiger charge is -2.31. The van der Waals surface area contributed by atoms with E-state index in [1.807, 2.05) is 0 Å². The number of unbranched alkanes of at least 4 members (excludes halogenated alkanes) is 1. The largest absolute Gasteiger partial charge is 0.314 e. The van der Waals surface area contributed by atoms with Gasteiger partial charge in [-0.1, -0.05) is 6.92 Å². The second-order valence-corrected chi connectivity index (χ2v) is 6.55. The molecule has 94 valence electrons. The van der Waals surface area contributed by atoms with E-state index in [4.69, 9.17) is 0 Å². The molecule has 2 aliphatic rings. The summed E-state index contributed by atoms with van der Waals surface area (Å²) in [6, 6.07) is 0.885. The highest BCUT2D eigenvalue weighted by atomic mass is 32.2. The monoisotopic (exact) mass is 242 g/mol. The van der Waals surface area contributed by atoms with Crippen LogP contribution in [0.1, 0.15) is 39.0 Å². The van der Waals surface area contributed by atoms with E-state index in [-0.39, 0.29) is 0 Å². The summed E-state index contributed by atoms with van der Waals surface area (Å²) in [6.45, 7) is 7.53. The molecule has 1 saturated carbocycles. The molecule has 0 amide bonds. The maximum atomic E-state index is 3.59. The topological polar surface area (TPSA) is 15.3 Å². The van der Waals surface area contributed by atoms with Crippen molar-refractivity contribution in [2.75, 3.05) is 31.9 Å². The zero-order chi connectivity index (χ0) is 11.2. The fraction of sp³-hybridized carbons (Fsp3) is 1.00. The average Bonchev–Trinajstić information content (AvgIpc) is 3.13. The molecule has 16 heavy (non-hydrogen) atoms. The summed E-state index contributed by atoms with van der Waals surface area (Å²) in [5.41, 5.74) is 0. The molecule has 3 heteroatoms. The van der Waals surface area contributed by atoms with Gasteiger partial charge in [-0.25, -0.2) is 0 Å². The molecule has 0 aromatic carbocycles. The smallest absolute Gasteiger partial charge is 0.0172 e. The first-order chi connectivity index (χ1) is 7.88. The lowest BCUT2D eigenvalue weighted by molar-refractivity contribution is 0.275. The van der Waals surface area contributed by atoms with Crippen molar-refractivity contribution in [1.82, 2.24) is 10.2 Å². The molecular formula is C13H26N2S. The Morgan fingerprint density at radius 3 is 2.94 bits per heavy atom. The van der Waals surface area contributed by atoms with Gasteiger partial charge in [-0.05, 0) is 45.2 Å². The van der Waals surface area contributed by atoms with Gasteiger partial charge in [0.1, 0.15) is 0 Å². The third-order valence-electron chi connectivity index (χ3n) is 3.59. The Bertz CT molecular complexity index is 194. The molecule has 1 heterocycles. The lowest BCUT2D eigenvalue weighted by Crippen LogP contribution is -2.38. The Labute approximate surface area is 105 Å². The highest BCUT2D eigenvalue weighted by molar-refractivity contribution is 8.00. The predicted molar refractivity (Wildman–Crippen MR) is 73.2 cm³/mol. The van der Waals surface area contributed by atoms with Gasteiger partial charge in [-0.15, -0.1) is 0 Å². The third-order valence-corrected chi connectivity index (χ3v) is 4.96. The number of rotatable bonds is 7. The van der Waals surface area contributed by atoms with E-state index in [1.54, 1.807) is 0 Å². The maximum absolute atomic E-state index is 3.59. The first-order valence-electron chi connectivity index (χ1n) is 6.96. The molecule has 0 aromatic heterocycles. The molecule has 1 N–H and O–H groups in total. The second-order valence-electron chi connectivity index (χ2n) is 5.14. The molecule has 1 atom stereocenters. The third kappa shape index (κ3) is 4.64. The van der Waals surface area contributed by atoms with Crippen LogP contribution in [0.2, 0.25) is 0 Å². The van der Waals surface area contributed by atoms with Gasteiger partial charge in [0.25, 0.3) is 0 Å². The molecule has 1 saturated heterocycles. The van der Waals surface area contributed by atoms with Crippen LogP contribution in [0.3, 0.4) is 0 Å². The lowest BCUT2D eigenvalue weighted by atomic mass is 10.2. The molecule has 1 unspecified atom stereocenters. The van der Waals surface area contributed by atoms with Gasteiger partial charge in [0.2, 0.25) is 0 Å². The van der Waals surface area contributed by atoms with Crippen LogP contribution in [0.5, 0.6) is 0 Å². The molecule has 2 fully saturated rings. The van der Waals surface area contributed by atoms with Gasteiger partial charge in [-0.2, -0.15) is 11.8 Å². The van der Waals surface area contributed by atoms with E-state index in [1.165, 1.54) is 64.0 Å². The van der Waals surface area contributed by atoms with E-state index in [9.17, 15) is 0 Å². The van der Waals surface area contributed by atoms with Crippen molar-refractivity contribution in [2.45, 2.75) is 50.3 Å². The van der Waals surface area contributed by atoms with Gasteiger partial charge >= 0.3 is 0 Å². The van der Waals surface area contributed by atoms with E-state index in [0.717, 1.165) is 11.3 Å². The van der Waals surface area contributed by atoms with Crippen molar-refractivity contribution in [2.24, 2.45) is 0 Å². The second kappa shape index (κ2) is 6.87. The highest BCUT2D eigenvalue weighted by Gasteiger charge is 2.20. The Morgan fingerprint density at radius 2 is 2.19 bits per heavy atom. The number of nitrogens with zero attached hydrogens (tertiary/aromatic N) is 1. The molecule has 2 nitrogen and oxygen atoms in total. The minimum Gasteiger partial charge on any atom is -0.314 e. The zero-order valence-electron chi connectivity index (χ0n) is 10.6. The van der Waals surface area contributed by atoms with Crippen LogP contribution in [-0.2, 0) is 0 Å². The summed E-state index contributed by atoms with van der Waals surface area (Å²) < 4.78 is 0. The fourth-order valence-corrected chi connectivity index (χ4v) is 3.53. The molecule has 2 rings (SSSR count). The summed E-state index contributed by atoms with van der Waals surface area (Å²) in [7, 11) is 0. The first kappa shape index (κ1) is 12.7. The predicted octanol–water partition coefficient (Wildman–Crippen LogP) is 2.35. The Morgan fingerprint density at radius 1 is 1.31 bits per heavy atom. The number of nitrogens with one attached hydrogen (secondary N) is 1. The van der Waals surface area contributed by atoms with E-state index >= 15 is 0 Å². The van der Waals surface area contributed by atoms with Crippen molar-refractivity contribution in [3.63, 3.8) is 0 Å². The van der Waals surface area contributed by atoms with Crippen molar-refractivity contribution in [3.05, 3.63) is 0 Å². The molecule has 0 aromatic rings. The van der Waals surface area contributed by atoms with Crippen LogP contribution >= 0.6 is 11.8 Å². The quantitative estimate of drug-likeness (QED) is 0.690. The molecule has 0 radical (unpaired) electrons. The summed E-state index contributed by atoms with van der Waals surface area (Å²) in [5, 5.41) is 4.49. The highest BCUT2D eigenvalue weighted by Crippen LogP contribution is 2.21. The van der Waals surface area contributed by atoms with Gasteiger partial charge in [0.15, 0.2) is 0 Å². The molecular weight excluding hydrogens is 216 g/mol. The summed E-state index contributed by atoms with van der Waals surface area (Å²) in [5.74, 6) is 1.35. The van der Waals surface area contributed by atoms with Gasteiger partial charge in [0.05, 0.1) is 0 Å². The van der Waals surface area contributed by atoms with Crippen molar-refractivity contribution in [3.8, 4) is 0 Å². The van der Waals surface area contributed by atoms with Gasteiger partial charge < -0.3 is 10.2 Å². The Balaban J connectivity index is 1.47. The van der Waals surface area contributed by atoms with E-state index < -0.39 is 0 Å². The summed E-state index contributed by atoms with van der Waals surface area (Å²) in [4.78, 5) is 2.67. The van der Waals surface area contributed by atoms with Crippen LogP contribution in [0.15, 0.2) is 0 Å². The summed E-state index contributed by atoms with van der Waals surface area (Å²) in [6.07, 6.45) is 6.91. The Hall–Kier alpha value is 0.270. The number of hydrogen-bond donors (Lipinski definition) is 1. The standard InChI is InChI=1S/C13H26N2S/c1-2-13-11-15(9-10-16-13)8-4-3-7-14-12-5-6-12/h12-14H,2-11H2,1H3. The van der Waals surface area contributed by atoms with Gasteiger partial charge in [-0.3, -0.25) is 0 Å². The van der Waals surface area contributed by atoms with Crippen LogP contribution in [0.25, 0.3) is 0 Å². The fourth-order valence-electron chi connectivity index (χ4n) is 2.28. The van der Waals surface area contributed by atoms with Crippen LogP contribution in [0.4, 0.5) is 0 Å². The molecule has 0 bridgehead atoms. The zero-order valence-corrected chi connectivity index (χ0v) is 11.4. The number of hydrogen-bond acceptors (Lipinski definition) is 3. The number of thioether (sulfide) groups is 1. The molecule has 0 spiro atoms. The van der Waals surface area contributed by atoms with Crippen LogP contribution in [0, 0.1) is 0 Å². The van der Waals surface area contributed by atoms with Gasteiger partial charge in [0, 0.05) is 30.1 Å². The Kier molecular flexibility index (Phi) is 5.46. The molecule has 1 aliphatic heterocycles. The van der Waals surface area contributed by atoms with Crippen LogP contribution < -0.4 is 5.32 Å². The van der Waals surface area contributed by atoms with E-state index in [0.29, 0.717) is 0 Å². The minimum absolute atomic E-state index is 0.885. The van der Waals surface area contributed by atoms with Crippen molar-refractivity contribution >= 4 is 11.8 Å². The van der Waals surface area contributed by atoms with Crippen molar-refractivity contribution < 1.29 is 0 Å². The maximum Gasteiger partial charge on any atom is 0.0172 e. The molecule has 1 aliphatic carbocycles. The van der Waals surface area contributed by atoms with E-state index in [2.05, 4.69) is 28.9 Å². The van der Waals surface area contributed by atoms with Crippen molar-refractivity contribution in [1.29, 1.82) is 0 Å². The summed E-state index contributed by atoms with van der Waals surface area (Å²) >= 11 is 2.17. The van der Waals surface area contributed by atoms with Crippen LogP contribution in [-0.4, -0.2) is 48.1 Å². The SMILES string of the molecule is CCC1CN(CCCCNC2CC2)CCS1. The average molecular weight is 242 g/mol.